The Morgan fingerprint density at radius 2 is 2.17 bits per heavy atom. The normalized spacial score (nSPS) is 24.1. The topological polar surface area (TPSA) is 44.3 Å². The SMILES string of the molecule is CNc1ncnc(N2CCN3CCCC3C2)c1C. The molecule has 2 fully saturated rings. The van der Waals surface area contributed by atoms with E-state index >= 15 is 0 Å². The molecule has 2 aliphatic rings. The summed E-state index contributed by atoms with van der Waals surface area (Å²) in [6.45, 7) is 6.74. The Morgan fingerprint density at radius 1 is 1.28 bits per heavy atom. The Hall–Kier alpha value is -1.36. The van der Waals surface area contributed by atoms with E-state index in [9.17, 15) is 0 Å². The molecule has 1 atom stereocenters. The average molecular weight is 247 g/mol. The van der Waals surface area contributed by atoms with Crippen LogP contribution >= 0.6 is 0 Å². The molecule has 0 saturated carbocycles. The fourth-order valence-electron chi connectivity index (χ4n) is 3.20. The van der Waals surface area contributed by atoms with E-state index in [-0.39, 0.29) is 0 Å². The molecule has 1 unspecified atom stereocenters. The van der Waals surface area contributed by atoms with E-state index in [4.69, 9.17) is 0 Å². The number of aromatic nitrogens is 2. The van der Waals surface area contributed by atoms with Crippen molar-refractivity contribution in [3.05, 3.63) is 11.9 Å². The van der Waals surface area contributed by atoms with E-state index in [1.807, 2.05) is 7.05 Å². The molecule has 5 nitrogen and oxygen atoms in total. The van der Waals surface area contributed by atoms with Gasteiger partial charge in [-0.2, -0.15) is 0 Å². The number of rotatable bonds is 2. The molecule has 0 bridgehead atoms. The van der Waals surface area contributed by atoms with E-state index in [0.717, 1.165) is 36.3 Å². The van der Waals surface area contributed by atoms with Gasteiger partial charge in [0.05, 0.1) is 0 Å². The minimum Gasteiger partial charge on any atom is -0.373 e. The van der Waals surface area contributed by atoms with Gasteiger partial charge in [0.1, 0.15) is 18.0 Å². The molecule has 0 radical (unpaired) electrons. The lowest BCUT2D eigenvalue weighted by atomic mass is 10.1. The van der Waals surface area contributed by atoms with Gasteiger partial charge in [0, 0.05) is 38.3 Å². The highest BCUT2D eigenvalue weighted by atomic mass is 15.3. The molecule has 1 aromatic rings. The zero-order valence-electron chi connectivity index (χ0n) is 11.2. The highest BCUT2D eigenvalue weighted by Crippen LogP contribution is 2.27. The molecule has 0 aromatic carbocycles. The number of hydrogen-bond acceptors (Lipinski definition) is 5. The van der Waals surface area contributed by atoms with Crippen LogP contribution in [0.3, 0.4) is 0 Å². The summed E-state index contributed by atoms with van der Waals surface area (Å²) in [6, 6.07) is 0.728. The summed E-state index contributed by atoms with van der Waals surface area (Å²) < 4.78 is 0. The second-order valence-corrected chi connectivity index (χ2v) is 5.20. The molecule has 0 aliphatic carbocycles. The fourth-order valence-corrected chi connectivity index (χ4v) is 3.20. The first-order chi connectivity index (χ1) is 8.79. The molecule has 1 aromatic heterocycles. The molecule has 5 heteroatoms. The maximum Gasteiger partial charge on any atom is 0.137 e. The molecule has 3 rings (SSSR count). The third-order valence-corrected chi connectivity index (χ3v) is 4.18. The quantitative estimate of drug-likeness (QED) is 0.848. The van der Waals surface area contributed by atoms with Crippen molar-refractivity contribution < 1.29 is 0 Å². The van der Waals surface area contributed by atoms with E-state index in [2.05, 4.69) is 32.0 Å². The van der Waals surface area contributed by atoms with Gasteiger partial charge >= 0.3 is 0 Å². The van der Waals surface area contributed by atoms with Gasteiger partial charge in [-0.1, -0.05) is 0 Å². The Bertz CT molecular complexity index is 433. The Kier molecular flexibility index (Phi) is 3.07. The maximum absolute atomic E-state index is 4.48. The van der Waals surface area contributed by atoms with Gasteiger partial charge in [-0.3, -0.25) is 4.90 Å². The summed E-state index contributed by atoms with van der Waals surface area (Å²) in [6.07, 6.45) is 4.34. The molecule has 3 heterocycles. The highest BCUT2D eigenvalue weighted by molar-refractivity contribution is 5.57. The Balaban J connectivity index is 1.82. The van der Waals surface area contributed by atoms with Crippen LogP contribution in [0.1, 0.15) is 18.4 Å². The second-order valence-electron chi connectivity index (χ2n) is 5.20. The summed E-state index contributed by atoms with van der Waals surface area (Å²) in [5.74, 6) is 2.04. The number of fused-ring (bicyclic) bond motifs is 1. The summed E-state index contributed by atoms with van der Waals surface area (Å²) >= 11 is 0. The molecular formula is C13H21N5. The molecule has 2 saturated heterocycles. The predicted molar refractivity (Wildman–Crippen MR) is 73.1 cm³/mol. The first-order valence-corrected chi connectivity index (χ1v) is 6.78. The predicted octanol–water partition coefficient (Wildman–Crippen LogP) is 1.11. The number of nitrogens with zero attached hydrogens (tertiary/aromatic N) is 4. The summed E-state index contributed by atoms with van der Waals surface area (Å²) in [5, 5.41) is 3.13. The van der Waals surface area contributed by atoms with Crippen LogP contribution in [0.4, 0.5) is 11.6 Å². The van der Waals surface area contributed by atoms with Crippen LogP contribution in [0.25, 0.3) is 0 Å². The second kappa shape index (κ2) is 4.72. The maximum atomic E-state index is 4.48. The van der Waals surface area contributed by atoms with E-state index in [1.165, 1.54) is 25.9 Å². The molecule has 18 heavy (non-hydrogen) atoms. The van der Waals surface area contributed by atoms with Crippen LogP contribution < -0.4 is 10.2 Å². The first kappa shape index (κ1) is 11.7. The van der Waals surface area contributed by atoms with Crippen molar-refractivity contribution in [3.8, 4) is 0 Å². The highest BCUT2D eigenvalue weighted by Gasteiger charge is 2.31. The van der Waals surface area contributed by atoms with Crippen molar-refractivity contribution in [1.29, 1.82) is 0 Å². The van der Waals surface area contributed by atoms with Gasteiger partial charge < -0.3 is 10.2 Å². The largest absolute Gasteiger partial charge is 0.373 e. The van der Waals surface area contributed by atoms with Gasteiger partial charge in [-0.25, -0.2) is 9.97 Å². The summed E-state index contributed by atoms with van der Waals surface area (Å²) in [7, 11) is 1.91. The number of anilines is 2. The molecule has 2 aliphatic heterocycles. The van der Waals surface area contributed by atoms with Crippen LogP contribution in [-0.2, 0) is 0 Å². The van der Waals surface area contributed by atoms with Crippen LogP contribution in [0.2, 0.25) is 0 Å². The van der Waals surface area contributed by atoms with Crippen LogP contribution in [0.15, 0.2) is 6.33 Å². The Labute approximate surface area is 108 Å². The third-order valence-electron chi connectivity index (χ3n) is 4.18. The average Bonchev–Trinajstić information content (AvgIpc) is 2.86. The van der Waals surface area contributed by atoms with E-state index in [1.54, 1.807) is 6.33 Å². The fraction of sp³-hybridized carbons (Fsp3) is 0.692. The van der Waals surface area contributed by atoms with Gasteiger partial charge in [-0.05, 0) is 26.3 Å². The van der Waals surface area contributed by atoms with Crippen molar-refractivity contribution in [2.24, 2.45) is 0 Å². The molecule has 1 N–H and O–H groups in total. The summed E-state index contributed by atoms with van der Waals surface area (Å²) in [5.41, 5.74) is 1.16. The van der Waals surface area contributed by atoms with Crippen LogP contribution in [-0.4, -0.2) is 54.1 Å². The molecular weight excluding hydrogens is 226 g/mol. The lowest BCUT2D eigenvalue weighted by Crippen LogP contribution is -2.50. The van der Waals surface area contributed by atoms with Gasteiger partial charge in [0.2, 0.25) is 0 Å². The molecule has 98 valence electrons. The van der Waals surface area contributed by atoms with Gasteiger partial charge in [0.25, 0.3) is 0 Å². The van der Waals surface area contributed by atoms with Crippen molar-refractivity contribution >= 4 is 11.6 Å². The smallest absolute Gasteiger partial charge is 0.137 e. The van der Waals surface area contributed by atoms with Gasteiger partial charge in [0.15, 0.2) is 0 Å². The van der Waals surface area contributed by atoms with E-state index < -0.39 is 0 Å². The van der Waals surface area contributed by atoms with Crippen LogP contribution in [0.5, 0.6) is 0 Å². The minimum atomic E-state index is 0.728. The van der Waals surface area contributed by atoms with Crippen LogP contribution in [0, 0.1) is 6.92 Å². The van der Waals surface area contributed by atoms with Crippen molar-refractivity contribution in [1.82, 2.24) is 14.9 Å². The zero-order valence-corrected chi connectivity index (χ0v) is 11.2. The minimum absolute atomic E-state index is 0.728. The van der Waals surface area contributed by atoms with Crippen molar-refractivity contribution in [3.63, 3.8) is 0 Å². The third kappa shape index (κ3) is 1.92. The zero-order chi connectivity index (χ0) is 12.5. The molecule has 0 spiro atoms. The standard InChI is InChI=1S/C13H21N5/c1-10-12(14-2)15-9-16-13(10)18-7-6-17-5-3-4-11(17)8-18/h9,11H,3-8H2,1-2H3,(H,14,15,16). The van der Waals surface area contributed by atoms with Crippen molar-refractivity contribution in [2.45, 2.75) is 25.8 Å². The Morgan fingerprint density at radius 3 is 3.00 bits per heavy atom. The number of piperazine rings is 1. The number of hydrogen-bond donors (Lipinski definition) is 1. The first-order valence-electron chi connectivity index (χ1n) is 6.78. The lowest BCUT2D eigenvalue weighted by Gasteiger charge is -2.38. The summed E-state index contributed by atoms with van der Waals surface area (Å²) in [4.78, 5) is 13.8. The van der Waals surface area contributed by atoms with E-state index in [0.29, 0.717) is 0 Å². The van der Waals surface area contributed by atoms with Gasteiger partial charge in [-0.15, -0.1) is 0 Å². The van der Waals surface area contributed by atoms with Crippen molar-refractivity contribution in [2.75, 3.05) is 43.4 Å². The molecule has 0 amide bonds. The lowest BCUT2D eigenvalue weighted by molar-refractivity contribution is 0.230. The number of nitrogens with one attached hydrogen (secondary N) is 1. The monoisotopic (exact) mass is 247 g/mol.